The average molecular weight is 313 g/mol. The topological polar surface area (TPSA) is 29.1 Å². The molecule has 23 heavy (non-hydrogen) atoms. The molecular formula is C20H24FNO. The zero-order chi connectivity index (χ0) is 16.9. The SMILES string of the molecule is CC(C)(C)CC(Cc1ccc(F)cc1)NC(=O)c1ccccc1. The average Bonchev–Trinajstić information content (AvgIpc) is 2.49. The van der Waals surface area contributed by atoms with Crippen LogP contribution in [0.15, 0.2) is 54.6 Å². The summed E-state index contributed by atoms with van der Waals surface area (Å²) >= 11 is 0. The second-order valence-electron chi connectivity index (χ2n) is 7.13. The molecule has 0 spiro atoms. The Hall–Kier alpha value is -2.16. The van der Waals surface area contributed by atoms with Crippen LogP contribution in [0.4, 0.5) is 4.39 Å². The van der Waals surface area contributed by atoms with E-state index in [1.54, 1.807) is 24.3 Å². The maximum atomic E-state index is 13.1. The first kappa shape index (κ1) is 17.2. The van der Waals surface area contributed by atoms with Gasteiger partial charge in [-0.15, -0.1) is 0 Å². The van der Waals surface area contributed by atoms with Crippen LogP contribution < -0.4 is 5.32 Å². The molecule has 122 valence electrons. The van der Waals surface area contributed by atoms with Crippen LogP contribution in [0, 0.1) is 11.2 Å². The van der Waals surface area contributed by atoms with Crippen LogP contribution >= 0.6 is 0 Å². The standard InChI is InChI=1S/C20H24FNO/c1-20(2,3)14-18(13-15-9-11-17(21)12-10-15)22-19(23)16-7-5-4-6-8-16/h4-12,18H,13-14H2,1-3H3,(H,22,23). The molecule has 2 aromatic rings. The summed E-state index contributed by atoms with van der Waals surface area (Å²) < 4.78 is 13.1. The van der Waals surface area contributed by atoms with E-state index in [-0.39, 0.29) is 23.2 Å². The van der Waals surface area contributed by atoms with Gasteiger partial charge < -0.3 is 5.32 Å². The summed E-state index contributed by atoms with van der Waals surface area (Å²) in [6.07, 6.45) is 1.54. The molecule has 0 bridgehead atoms. The number of amides is 1. The Labute approximate surface area is 137 Å². The minimum Gasteiger partial charge on any atom is -0.349 e. The third kappa shape index (κ3) is 5.85. The van der Waals surface area contributed by atoms with Crippen LogP contribution in [-0.4, -0.2) is 11.9 Å². The molecule has 2 aromatic carbocycles. The first-order chi connectivity index (χ1) is 10.8. The van der Waals surface area contributed by atoms with Crippen molar-refractivity contribution in [2.75, 3.05) is 0 Å². The highest BCUT2D eigenvalue weighted by atomic mass is 19.1. The van der Waals surface area contributed by atoms with Gasteiger partial charge in [-0.3, -0.25) is 4.79 Å². The third-order valence-corrected chi connectivity index (χ3v) is 3.63. The molecule has 1 amide bonds. The van der Waals surface area contributed by atoms with Crippen LogP contribution in [0.25, 0.3) is 0 Å². The molecule has 3 heteroatoms. The van der Waals surface area contributed by atoms with E-state index >= 15 is 0 Å². The Morgan fingerprint density at radius 2 is 1.65 bits per heavy atom. The van der Waals surface area contributed by atoms with Crippen LogP contribution in [0.5, 0.6) is 0 Å². The summed E-state index contributed by atoms with van der Waals surface area (Å²) in [5.74, 6) is -0.309. The summed E-state index contributed by atoms with van der Waals surface area (Å²) in [6, 6.07) is 15.7. The minimum atomic E-state index is -0.241. The van der Waals surface area contributed by atoms with Gasteiger partial charge in [0.1, 0.15) is 5.82 Å². The quantitative estimate of drug-likeness (QED) is 0.858. The molecular weight excluding hydrogens is 289 g/mol. The Bertz CT molecular complexity index is 629. The number of hydrogen-bond donors (Lipinski definition) is 1. The van der Waals surface area contributed by atoms with Gasteiger partial charge in [-0.2, -0.15) is 0 Å². The molecule has 0 fully saturated rings. The van der Waals surface area contributed by atoms with Gasteiger partial charge in [0, 0.05) is 11.6 Å². The molecule has 0 aromatic heterocycles. The second-order valence-corrected chi connectivity index (χ2v) is 7.13. The van der Waals surface area contributed by atoms with Crippen molar-refractivity contribution in [2.45, 2.75) is 39.7 Å². The lowest BCUT2D eigenvalue weighted by Crippen LogP contribution is -2.39. The van der Waals surface area contributed by atoms with E-state index in [4.69, 9.17) is 0 Å². The fourth-order valence-electron chi connectivity index (χ4n) is 2.68. The second kappa shape index (κ2) is 7.40. The molecule has 0 radical (unpaired) electrons. The first-order valence-electron chi connectivity index (χ1n) is 7.94. The predicted octanol–water partition coefficient (Wildman–Crippen LogP) is 4.60. The fourth-order valence-corrected chi connectivity index (χ4v) is 2.68. The first-order valence-corrected chi connectivity index (χ1v) is 7.94. The molecule has 2 rings (SSSR count). The van der Waals surface area contributed by atoms with Gasteiger partial charge in [0.15, 0.2) is 0 Å². The van der Waals surface area contributed by atoms with Gasteiger partial charge >= 0.3 is 0 Å². The van der Waals surface area contributed by atoms with Crippen molar-refractivity contribution in [1.29, 1.82) is 0 Å². The molecule has 0 heterocycles. The molecule has 0 saturated carbocycles. The van der Waals surface area contributed by atoms with E-state index in [1.807, 2.05) is 18.2 Å². The van der Waals surface area contributed by atoms with Crippen LogP contribution in [0.3, 0.4) is 0 Å². The highest BCUT2D eigenvalue weighted by Crippen LogP contribution is 2.23. The monoisotopic (exact) mass is 313 g/mol. The van der Waals surface area contributed by atoms with Crippen molar-refractivity contribution in [3.63, 3.8) is 0 Å². The normalized spacial score (nSPS) is 12.7. The summed E-state index contributed by atoms with van der Waals surface area (Å²) in [6.45, 7) is 6.46. The Kier molecular flexibility index (Phi) is 5.54. The number of carbonyl (C=O) groups excluding carboxylic acids is 1. The van der Waals surface area contributed by atoms with Crippen molar-refractivity contribution in [1.82, 2.24) is 5.32 Å². The largest absolute Gasteiger partial charge is 0.349 e. The van der Waals surface area contributed by atoms with Gasteiger partial charge in [0.2, 0.25) is 0 Å². The van der Waals surface area contributed by atoms with Crippen LogP contribution in [0.2, 0.25) is 0 Å². The Morgan fingerprint density at radius 3 is 2.22 bits per heavy atom. The van der Waals surface area contributed by atoms with Gasteiger partial charge in [0.05, 0.1) is 0 Å². The van der Waals surface area contributed by atoms with E-state index in [0.29, 0.717) is 12.0 Å². The molecule has 1 N–H and O–H groups in total. The summed E-state index contributed by atoms with van der Waals surface area (Å²) in [5, 5.41) is 3.12. The van der Waals surface area contributed by atoms with Gasteiger partial charge in [-0.25, -0.2) is 4.39 Å². The van der Waals surface area contributed by atoms with E-state index in [1.165, 1.54) is 12.1 Å². The molecule has 0 aliphatic rings. The van der Waals surface area contributed by atoms with Gasteiger partial charge in [0.25, 0.3) is 5.91 Å². The van der Waals surface area contributed by atoms with Gasteiger partial charge in [-0.05, 0) is 48.1 Å². The molecule has 0 aliphatic carbocycles. The molecule has 0 aliphatic heterocycles. The number of nitrogens with one attached hydrogen (secondary N) is 1. The minimum absolute atomic E-state index is 0.00756. The number of hydrogen-bond acceptors (Lipinski definition) is 1. The van der Waals surface area contributed by atoms with Crippen molar-refractivity contribution in [3.8, 4) is 0 Å². The maximum absolute atomic E-state index is 13.1. The van der Waals surface area contributed by atoms with Crippen LogP contribution in [-0.2, 0) is 6.42 Å². The smallest absolute Gasteiger partial charge is 0.251 e. The lowest BCUT2D eigenvalue weighted by Gasteiger charge is -2.27. The van der Waals surface area contributed by atoms with Crippen LogP contribution in [0.1, 0.15) is 43.1 Å². The molecule has 0 saturated heterocycles. The number of rotatable bonds is 5. The van der Waals surface area contributed by atoms with E-state index < -0.39 is 0 Å². The van der Waals surface area contributed by atoms with Crippen molar-refractivity contribution in [3.05, 3.63) is 71.5 Å². The van der Waals surface area contributed by atoms with Crippen molar-refractivity contribution in [2.24, 2.45) is 5.41 Å². The lowest BCUT2D eigenvalue weighted by molar-refractivity contribution is 0.0926. The maximum Gasteiger partial charge on any atom is 0.251 e. The number of halogens is 1. The lowest BCUT2D eigenvalue weighted by atomic mass is 9.85. The summed E-state index contributed by atoms with van der Waals surface area (Å²) in [5.41, 5.74) is 1.77. The zero-order valence-electron chi connectivity index (χ0n) is 14.0. The predicted molar refractivity (Wildman–Crippen MR) is 91.9 cm³/mol. The van der Waals surface area contributed by atoms with E-state index in [9.17, 15) is 9.18 Å². The molecule has 2 nitrogen and oxygen atoms in total. The fraction of sp³-hybridized carbons (Fsp3) is 0.350. The van der Waals surface area contributed by atoms with Crippen molar-refractivity contribution >= 4 is 5.91 Å². The summed E-state index contributed by atoms with van der Waals surface area (Å²) in [7, 11) is 0. The number of benzene rings is 2. The van der Waals surface area contributed by atoms with E-state index in [2.05, 4.69) is 26.1 Å². The highest BCUT2D eigenvalue weighted by molar-refractivity contribution is 5.94. The molecule has 1 unspecified atom stereocenters. The number of carbonyl (C=O) groups is 1. The summed E-state index contributed by atoms with van der Waals surface area (Å²) in [4.78, 5) is 12.4. The highest BCUT2D eigenvalue weighted by Gasteiger charge is 2.21. The molecule has 1 atom stereocenters. The van der Waals surface area contributed by atoms with E-state index in [0.717, 1.165) is 12.0 Å². The van der Waals surface area contributed by atoms with Crippen molar-refractivity contribution < 1.29 is 9.18 Å². The Morgan fingerprint density at radius 1 is 1.04 bits per heavy atom. The third-order valence-electron chi connectivity index (χ3n) is 3.63. The Balaban J connectivity index is 2.10. The zero-order valence-corrected chi connectivity index (χ0v) is 14.0. The van der Waals surface area contributed by atoms with Gasteiger partial charge in [-0.1, -0.05) is 51.1 Å².